The van der Waals surface area contributed by atoms with Gasteiger partial charge in [0.15, 0.2) is 17.3 Å². The molecule has 0 bridgehead atoms. The predicted octanol–water partition coefficient (Wildman–Crippen LogP) is 5.00. The van der Waals surface area contributed by atoms with Crippen LogP contribution < -0.4 is 21.5 Å². The molecule has 36 heavy (non-hydrogen) atoms. The molecule has 184 valence electrons. The van der Waals surface area contributed by atoms with Crippen LogP contribution in [0, 0.1) is 18.6 Å². The highest BCUT2D eigenvalue weighted by Gasteiger charge is 2.22. The van der Waals surface area contributed by atoms with Crippen LogP contribution in [0.5, 0.6) is 5.75 Å². The normalized spacial score (nSPS) is 10.9. The Kier molecular flexibility index (Phi) is 6.77. The first kappa shape index (κ1) is 24.5. The Balaban J connectivity index is 1.72. The number of aryl methyl sites for hydroxylation is 1. The van der Waals surface area contributed by atoms with E-state index in [4.69, 9.17) is 16.2 Å². The molecule has 0 atom stereocenters. The van der Waals surface area contributed by atoms with E-state index in [0.717, 1.165) is 11.6 Å². The Hall–Kier alpha value is -4.60. The summed E-state index contributed by atoms with van der Waals surface area (Å²) in [5.41, 5.74) is 13.6. The number of halogens is 2. The number of nitrogens with one attached hydrogen (secondary N) is 1. The number of carbonyl (C=O) groups excluding carboxylic acids is 1. The van der Waals surface area contributed by atoms with Crippen LogP contribution in [0.1, 0.15) is 30.0 Å². The van der Waals surface area contributed by atoms with E-state index in [9.17, 15) is 9.18 Å². The standard InChI is InChI=1S/C26H24F2N6O2/c1-13(2)36-21-7-4-17(27)23(24(21)28)19-6-5-18(29)25(33-19)26(35)34-20-12-31-9-8-16(20)15-10-14(3)32-22(30)11-15/h4-13H,29H2,1-3H3,(H2,30,32)(H,34,35). The highest BCUT2D eigenvalue weighted by molar-refractivity contribution is 6.08. The van der Waals surface area contributed by atoms with E-state index in [1.54, 1.807) is 39.1 Å². The van der Waals surface area contributed by atoms with E-state index >= 15 is 4.39 Å². The lowest BCUT2D eigenvalue weighted by atomic mass is 10.1. The summed E-state index contributed by atoms with van der Waals surface area (Å²) < 4.78 is 35.2. The molecule has 0 fully saturated rings. The molecular formula is C26H24F2N6O2. The maximum atomic E-state index is 15.1. The Morgan fingerprint density at radius 3 is 2.56 bits per heavy atom. The van der Waals surface area contributed by atoms with E-state index in [1.807, 2.05) is 6.07 Å². The highest BCUT2D eigenvalue weighted by atomic mass is 19.1. The number of benzene rings is 1. The van der Waals surface area contributed by atoms with Crippen LogP contribution in [0.4, 0.5) is 26.0 Å². The zero-order valence-corrected chi connectivity index (χ0v) is 19.8. The molecular weight excluding hydrogens is 466 g/mol. The molecule has 5 N–H and O–H groups in total. The van der Waals surface area contributed by atoms with Gasteiger partial charge in [-0.05, 0) is 68.8 Å². The molecule has 3 heterocycles. The van der Waals surface area contributed by atoms with Crippen molar-refractivity contribution in [3.05, 3.63) is 77.9 Å². The minimum atomic E-state index is -0.924. The van der Waals surface area contributed by atoms with Gasteiger partial charge in [-0.15, -0.1) is 0 Å². The number of aromatic nitrogens is 3. The second-order valence-corrected chi connectivity index (χ2v) is 8.33. The number of carbonyl (C=O) groups is 1. The van der Waals surface area contributed by atoms with Gasteiger partial charge in [-0.25, -0.2) is 18.7 Å². The number of hydrogen-bond donors (Lipinski definition) is 3. The Labute approximate surface area is 206 Å². The van der Waals surface area contributed by atoms with E-state index < -0.39 is 23.1 Å². The third-order valence-electron chi connectivity index (χ3n) is 5.17. The van der Waals surface area contributed by atoms with Gasteiger partial charge in [-0.2, -0.15) is 0 Å². The summed E-state index contributed by atoms with van der Waals surface area (Å²) in [5.74, 6) is -2.26. The van der Waals surface area contributed by atoms with Crippen LogP contribution >= 0.6 is 0 Å². The zero-order valence-electron chi connectivity index (χ0n) is 19.8. The van der Waals surface area contributed by atoms with E-state index in [1.165, 1.54) is 24.4 Å². The number of anilines is 3. The molecule has 0 saturated heterocycles. The van der Waals surface area contributed by atoms with E-state index in [2.05, 4.69) is 20.3 Å². The smallest absolute Gasteiger partial charge is 0.276 e. The first-order chi connectivity index (χ1) is 17.1. The number of hydrogen-bond acceptors (Lipinski definition) is 7. The summed E-state index contributed by atoms with van der Waals surface area (Å²) in [4.78, 5) is 25.6. The van der Waals surface area contributed by atoms with Crippen molar-refractivity contribution in [3.63, 3.8) is 0 Å². The first-order valence-electron chi connectivity index (χ1n) is 11.1. The molecule has 1 aromatic carbocycles. The van der Waals surface area contributed by atoms with Crippen LogP contribution in [-0.2, 0) is 0 Å². The lowest BCUT2D eigenvalue weighted by molar-refractivity contribution is 0.102. The second-order valence-electron chi connectivity index (χ2n) is 8.33. The second kappa shape index (κ2) is 9.95. The van der Waals surface area contributed by atoms with Crippen molar-refractivity contribution in [1.82, 2.24) is 15.0 Å². The van der Waals surface area contributed by atoms with Gasteiger partial charge in [-0.3, -0.25) is 9.78 Å². The number of rotatable bonds is 6. The molecule has 0 saturated carbocycles. The Bertz CT molecular complexity index is 1440. The highest BCUT2D eigenvalue weighted by Crippen LogP contribution is 2.33. The van der Waals surface area contributed by atoms with Crippen LogP contribution in [0.2, 0.25) is 0 Å². The van der Waals surface area contributed by atoms with Gasteiger partial charge in [0.05, 0.1) is 34.9 Å². The van der Waals surface area contributed by atoms with Gasteiger partial charge in [0.2, 0.25) is 0 Å². The average molecular weight is 491 g/mol. The van der Waals surface area contributed by atoms with Crippen LogP contribution in [0.15, 0.2) is 54.9 Å². The molecule has 1 amide bonds. The molecule has 0 aliphatic rings. The predicted molar refractivity (Wildman–Crippen MR) is 134 cm³/mol. The lowest BCUT2D eigenvalue weighted by Crippen LogP contribution is -2.17. The third-order valence-corrected chi connectivity index (χ3v) is 5.17. The number of nitrogens with zero attached hydrogens (tertiary/aromatic N) is 3. The number of nitrogens with two attached hydrogens (primary N) is 2. The van der Waals surface area contributed by atoms with Crippen molar-refractivity contribution < 1.29 is 18.3 Å². The average Bonchev–Trinajstić information content (AvgIpc) is 2.81. The fraction of sp³-hybridized carbons (Fsp3) is 0.154. The van der Waals surface area contributed by atoms with Crippen molar-refractivity contribution >= 4 is 23.1 Å². The van der Waals surface area contributed by atoms with E-state index in [-0.39, 0.29) is 28.9 Å². The van der Waals surface area contributed by atoms with Gasteiger partial charge >= 0.3 is 0 Å². The summed E-state index contributed by atoms with van der Waals surface area (Å²) in [5, 5.41) is 2.73. The maximum Gasteiger partial charge on any atom is 0.276 e. The SMILES string of the molecule is Cc1cc(-c2ccncc2NC(=O)c2nc(-c3c(F)ccc(OC(C)C)c3F)ccc2N)cc(N)n1. The third kappa shape index (κ3) is 5.07. The molecule has 0 aliphatic carbocycles. The summed E-state index contributed by atoms with van der Waals surface area (Å²) >= 11 is 0. The lowest BCUT2D eigenvalue weighted by Gasteiger charge is -2.15. The molecule has 0 aliphatic heterocycles. The molecule has 3 aromatic heterocycles. The fourth-order valence-corrected chi connectivity index (χ4v) is 3.68. The van der Waals surface area contributed by atoms with Crippen molar-refractivity contribution in [3.8, 4) is 28.1 Å². The Morgan fingerprint density at radius 2 is 1.83 bits per heavy atom. The van der Waals surface area contributed by atoms with Gasteiger partial charge in [-0.1, -0.05) is 0 Å². The van der Waals surface area contributed by atoms with Gasteiger partial charge in [0.25, 0.3) is 5.91 Å². The summed E-state index contributed by atoms with van der Waals surface area (Å²) in [6, 6.07) is 10.2. The maximum absolute atomic E-state index is 15.1. The number of nitrogen functional groups attached to an aromatic ring is 2. The minimum absolute atomic E-state index is 0.0288. The molecule has 4 aromatic rings. The van der Waals surface area contributed by atoms with Gasteiger partial charge in [0, 0.05) is 17.5 Å². The fourth-order valence-electron chi connectivity index (χ4n) is 3.68. The Morgan fingerprint density at radius 1 is 1.06 bits per heavy atom. The van der Waals surface area contributed by atoms with Crippen molar-refractivity contribution in [2.45, 2.75) is 26.9 Å². The van der Waals surface area contributed by atoms with Crippen molar-refractivity contribution in [2.75, 3.05) is 16.8 Å². The summed E-state index contributed by atoms with van der Waals surface area (Å²) in [7, 11) is 0. The van der Waals surface area contributed by atoms with Gasteiger partial charge < -0.3 is 21.5 Å². The molecule has 0 radical (unpaired) electrons. The first-order valence-corrected chi connectivity index (χ1v) is 11.1. The van der Waals surface area contributed by atoms with Crippen molar-refractivity contribution in [1.29, 1.82) is 0 Å². The van der Waals surface area contributed by atoms with Crippen LogP contribution in [-0.4, -0.2) is 27.0 Å². The molecule has 8 nitrogen and oxygen atoms in total. The minimum Gasteiger partial charge on any atom is -0.488 e. The molecule has 0 unspecified atom stereocenters. The van der Waals surface area contributed by atoms with Crippen LogP contribution in [0.3, 0.4) is 0 Å². The van der Waals surface area contributed by atoms with Crippen LogP contribution in [0.25, 0.3) is 22.4 Å². The van der Waals surface area contributed by atoms with Gasteiger partial charge in [0.1, 0.15) is 11.6 Å². The number of ether oxygens (including phenoxy) is 1. The molecule has 10 heteroatoms. The summed E-state index contributed by atoms with van der Waals surface area (Å²) in [6.07, 6.45) is 2.71. The number of pyridine rings is 3. The molecule has 0 spiro atoms. The van der Waals surface area contributed by atoms with Crippen molar-refractivity contribution in [2.24, 2.45) is 0 Å². The zero-order chi connectivity index (χ0) is 26.0. The number of amides is 1. The summed E-state index contributed by atoms with van der Waals surface area (Å²) in [6.45, 7) is 5.25. The quantitative estimate of drug-likeness (QED) is 0.347. The van der Waals surface area contributed by atoms with E-state index in [0.29, 0.717) is 22.8 Å². The topological polar surface area (TPSA) is 129 Å². The monoisotopic (exact) mass is 490 g/mol. The molecule has 4 rings (SSSR count). The largest absolute Gasteiger partial charge is 0.488 e.